The first-order chi connectivity index (χ1) is 8.15. The summed E-state index contributed by atoms with van der Waals surface area (Å²) in [5.74, 6) is 5.61. The van der Waals surface area contributed by atoms with Gasteiger partial charge in [-0.1, -0.05) is 19.4 Å². The smallest absolute Gasteiger partial charge is 0.0731 e. The molecule has 3 heteroatoms. The number of nitrogens with zero attached hydrogens (tertiary/aromatic N) is 1. The topological polar surface area (TPSA) is 50.9 Å². The van der Waals surface area contributed by atoms with E-state index in [2.05, 4.69) is 38.3 Å². The van der Waals surface area contributed by atoms with Crippen LogP contribution in [-0.2, 0) is 6.42 Å². The van der Waals surface area contributed by atoms with Crippen LogP contribution in [0, 0.1) is 13.8 Å². The molecule has 0 bridgehead atoms. The molecule has 2 aromatic rings. The van der Waals surface area contributed by atoms with Gasteiger partial charge in [0.2, 0.25) is 0 Å². The first-order valence-corrected chi connectivity index (χ1v) is 6.03. The Bertz CT molecular complexity index is 547. The lowest BCUT2D eigenvalue weighted by molar-refractivity contribution is 0.889. The molecule has 0 unspecified atom stereocenters. The molecule has 3 nitrogen and oxygen atoms in total. The molecule has 0 aliphatic rings. The number of fused-ring (bicyclic) bond motifs is 1. The van der Waals surface area contributed by atoms with Crippen molar-refractivity contribution in [2.45, 2.75) is 33.6 Å². The molecule has 0 aliphatic carbocycles. The highest BCUT2D eigenvalue weighted by Gasteiger charge is 2.07. The third kappa shape index (κ3) is 2.24. The summed E-state index contributed by atoms with van der Waals surface area (Å²) in [6.07, 6.45) is 2.07. The predicted octanol–water partition coefficient (Wildman–Crippen LogP) is 3.09. The van der Waals surface area contributed by atoms with Crippen molar-refractivity contribution in [1.29, 1.82) is 0 Å². The predicted molar refractivity (Wildman–Crippen MR) is 73.0 cm³/mol. The number of nitrogen functional groups attached to an aromatic ring is 1. The molecule has 0 radical (unpaired) electrons. The highest BCUT2D eigenvalue weighted by Crippen LogP contribution is 2.27. The Balaban J connectivity index is 2.73. The molecular formula is C14H19N3. The van der Waals surface area contributed by atoms with Gasteiger partial charge in [-0.2, -0.15) is 0 Å². The number of hydrazine groups is 1. The molecule has 2 rings (SSSR count). The Kier molecular flexibility index (Phi) is 3.29. The highest BCUT2D eigenvalue weighted by atomic mass is 15.2. The monoisotopic (exact) mass is 229 g/mol. The fourth-order valence-electron chi connectivity index (χ4n) is 2.31. The fourth-order valence-corrected chi connectivity index (χ4v) is 2.31. The number of hydrogen-bond acceptors (Lipinski definition) is 3. The van der Waals surface area contributed by atoms with Gasteiger partial charge in [0.05, 0.1) is 11.2 Å². The largest absolute Gasteiger partial charge is 0.323 e. The maximum Gasteiger partial charge on any atom is 0.0731 e. The Morgan fingerprint density at radius 3 is 2.65 bits per heavy atom. The van der Waals surface area contributed by atoms with E-state index in [1.54, 1.807) is 0 Å². The van der Waals surface area contributed by atoms with E-state index in [0.29, 0.717) is 0 Å². The van der Waals surface area contributed by atoms with Gasteiger partial charge in [-0.25, -0.2) is 0 Å². The van der Waals surface area contributed by atoms with E-state index in [4.69, 9.17) is 10.8 Å². The summed E-state index contributed by atoms with van der Waals surface area (Å²) in [6.45, 7) is 6.34. The molecule has 0 spiro atoms. The molecule has 1 heterocycles. The molecule has 0 saturated heterocycles. The highest BCUT2D eigenvalue weighted by molar-refractivity contribution is 5.94. The van der Waals surface area contributed by atoms with E-state index >= 15 is 0 Å². The number of rotatable bonds is 3. The average Bonchev–Trinajstić information content (AvgIpc) is 2.27. The van der Waals surface area contributed by atoms with Crippen LogP contribution in [0.4, 0.5) is 5.69 Å². The molecule has 90 valence electrons. The van der Waals surface area contributed by atoms with E-state index in [0.717, 1.165) is 35.1 Å². The van der Waals surface area contributed by atoms with Crippen LogP contribution < -0.4 is 11.3 Å². The van der Waals surface area contributed by atoms with Crippen molar-refractivity contribution in [3.63, 3.8) is 0 Å². The molecule has 0 amide bonds. The molecule has 0 saturated carbocycles. The first-order valence-electron chi connectivity index (χ1n) is 6.03. The molecule has 3 N–H and O–H groups in total. The van der Waals surface area contributed by atoms with Crippen LogP contribution in [0.3, 0.4) is 0 Å². The first kappa shape index (κ1) is 11.9. The second-order valence-electron chi connectivity index (χ2n) is 4.53. The van der Waals surface area contributed by atoms with Crippen molar-refractivity contribution < 1.29 is 0 Å². The minimum absolute atomic E-state index is 0.968. The van der Waals surface area contributed by atoms with E-state index in [1.807, 2.05) is 6.07 Å². The Labute approximate surface area is 102 Å². The zero-order chi connectivity index (χ0) is 12.4. The Morgan fingerprint density at radius 1 is 1.24 bits per heavy atom. The number of benzene rings is 1. The lowest BCUT2D eigenvalue weighted by Gasteiger charge is -2.11. The summed E-state index contributed by atoms with van der Waals surface area (Å²) in [6, 6.07) is 6.32. The molecule has 17 heavy (non-hydrogen) atoms. The average molecular weight is 229 g/mol. The van der Waals surface area contributed by atoms with Crippen molar-refractivity contribution in [2.24, 2.45) is 5.84 Å². The fraction of sp³-hybridized carbons (Fsp3) is 0.357. The normalized spacial score (nSPS) is 10.8. The van der Waals surface area contributed by atoms with Crippen LogP contribution in [0.1, 0.15) is 30.2 Å². The maximum absolute atomic E-state index is 5.61. The minimum atomic E-state index is 0.968. The molecule has 0 fully saturated rings. The standard InChI is InChI=1S/C14H19N3/c1-4-5-11-8-13(17-15)14-10(3)6-9(2)7-12(14)16-11/h6-8H,4-5,15H2,1-3H3,(H,16,17). The summed E-state index contributed by atoms with van der Waals surface area (Å²) >= 11 is 0. The minimum Gasteiger partial charge on any atom is -0.323 e. The van der Waals surface area contributed by atoms with Crippen molar-refractivity contribution in [3.05, 3.63) is 35.0 Å². The van der Waals surface area contributed by atoms with Crippen molar-refractivity contribution >= 4 is 16.6 Å². The number of aromatic nitrogens is 1. The third-order valence-electron chi connectivity index (χ3n) is 2.97. The Hall–Kier alpha value is -1.61. The lowest BCUT2D eigenvalue weighted by atomic mass is 10.0. The summed E-state index contributed by atoms with van der Waals surface area (Å²) in [5.41, 5.74) is 8.33. The summed E-state index contributed by atoms with van der Waals surface area (Å²) in [4.78, 5) is 4.70. The SMILES string of the molecule is CCCc1cc(NN)c2c(C)cc(C)cc2n1. The van der Waals surface area contributed by atoms with Gasteiger partial charge in [-0.05, 0) is 43.5 Å². The number of aryl methyl sites for hydroxylation is 3. The Morgan fingerprint density at radius 2 is 2.00 bits per heavy atom. The van der Waals surface area contributed by atoms with Gasteiger partial charge in [-0.15, -0.1) is 0 Å². The van der Waals surface area contributed by atoms with Crippen LogP contribution in [0.25, 0.3) is 10.9 Å². The summed E-state index contributed by atoms with van der Waals surface area (Å²) < 4.78 is 0. The number of pyridine rings is 1. The molecule has 1 aromatic heterocycles. The number of anilines is 1. The van der Waals surface area contributed by atoms with E-state index < -0.39 is 0 Å². The van der Waals surface area contributed by atoms with Gasteiger partial charge in [0.1, 0.15) is 0 Å². The summed E-state index contributed by atoms with van der Waals surface area (Å²) in [5, 5.41) is 1.12. The van der Waals surface area contributed by atoms with Crippen LogP contribution in [0.2, 0.25) is 0 Å². The zero-order valence-electron chi connectivity index (χ0n) is 10.7. The van der Waals surface area contributed by atoms with E-state index in [1.165, 1.54) is 11.1 Å². The summed E-state index contributed by atoms with van der Waals surface area (Å²) in [7, 11) is 0. The molecule has 0 aliphatic heterocycles. The van der Waals surface area contributed by atoms with Gasteiger partial charge >= 0.3 is 0 Å². The van der Waals surface area contributed by atoms with Crippen molar-refractivity contribution in [1.82, 2.24) is 4.98 Å². The van der Waals surface area contributed by atoms with Gasteiger partial charge in [0.25, 0.3) is 0 Å². The lowest BCUT2D eigenvalue weighted by Crippen LogP contribution is -2.09. The van der Waals surface area contributed by atoms with Crippen molar-refractivity contribution in [3.8, 4) is 0 Å². The van der Waals surface area contributed by atoms with Crippen LogP contribution >= 0.6 is 0 Å². The van der Waals surface area contributed by atoms with Gasteiger partial charge < -0.3 is 5.43 Å². The molecule has 1 aromatic carbocycles. The van der Waals surface area contributed by atoms with E-state index in [9.17, 15) is 0 Å². The second-order valence-corrected chi connectivity index (χ2v) is 4.53. The number of hydrogen-bond donors (Lipinski definition) is 2. The molecular weight excluding hydrogens is 210 g/mol. The quantitative estimate of drug-likeness (QED) is 0.628. The molecule has 0 atom stereocenters. The van der Waals surface area contributed by atoms with Gasteiger partial charge in [-0.3, -0.25) is 10.8 Å². The number of nitrogens with two attached hydrogens (primary N) is 1. The van der Waals surface area contributed by atoms with Gasteiger partial charge in [0, 0.05) is 11.1 Å². The maximum atomic E-state index is 5.61. The van der Waals surface area contributed by atoms with Gasteiger partial charge in [0.15, 0.2) is 0 Å². The van der Waals surface area contributed by atoms with Crippen LogP contribution in [-0.4, -0.2) is 4.98 Å². The second kappa shape index (κ2) is 4.72. The van der Waals surface area contributed by atoms with Crippen molar-refractivity contribution in [2.75, 3.05) is 5.43 Å². The van der Waals surface area contributed by atoms with Crippen LogP contribution in [0.15, 0.2) is 18.2 Å². The third-order valence-corrected chi connectivity index (χ3v) is 2.97. The van der Waals surface area contributed by atoms with Crippen LogP contribution in [0.5, 0.6) is 0 Å². The van der Waals surface area contributed by atoms with E-state index in [-0.39, 0.29) is 0 Å². The zero-order valence-corrected chi connectivity index (χ0v) is 10.7. The number of nitrogens with one attached hydrogen (secondary N) is 1.